The molecule has 0 amide bonds. The van der Waals surface area contributed by atoms with Crippen molar-refractivity contribution in [3.05, 3.63) is 38.3 Å². The first-order valence-electron chi connectivity index (χ1n) is 6.58. The zero-order valence-corrected chi connectivity index (χ0v) is 13.6. The summed E-state index contributed by atoms with van der Waals surface area (Å²) in [4.78, 5) is 10.4. The van der Waals surface area contributed by atoms with E-state index in [1.165, 1.54) is 6.07 Å². The maximum atomic E-state index is 10.8. The monoisotopic (exact) mass is 344 g/mol. The van der Waals surface area contributed by atoms with Crippen molar-refractivity contribution in [2.45, 2.75) is 39.3 Å². The molecule has 0 spiro atoms. The Morgan fingerprint density at radius 1 is 1.50 bits per heavy atom. The number of nitrogens with zero attached hydrogens (tertiary/aromatic N) is 1. The third-order valence-corrected chi connectivity index (χ3v) is 3.84. The first-order valence-corrected chi connectivity index (χ1v) is 7.37. The summed E-state index contributed by atoms with van der Waals surface area (Å²) in [6, 6.07) is 4.94. The normalized spacial score (nSPS) is 14.3. The van der Waals surface area contributed by atoms with Crippen molar-refractivity contribution >= 4 is 21.6 Å². The van der Waals surface area contributed by atoms with Crippen LogP contribution in [0.5, 0.6) is 0 Å². The Kier molecular flexibility index (Phi) is 6.10. The Balaban J connectivity index is 2.63. The third-order valence-electron chi connectivity index (χ3n) is 2.92. The summed E-state index contributed by atoms with van der Waals surface area (Å²) in [6.07, 6.45) is 0.704. The van der Waals surface area contributed by atoms with E-state index in [1.807, 2.05) is 6.07 Å². The van der Waals surface area contributed by atoms with E-state index in [0.29, 0.717) is 29.9 Å². The predicted molar refractivity (Wildman–Crippen MR) is 82.6 cm³/mol. The highest BCUT2D eigenvalue weighted by Crippen LogP contribution is 2.28. The molecular weight excluding hydrogens is 324 g/mol. The molecule has 0 radical (unpaired) electrons. The molecule has 20 heavy (non-hydrogen) atoms. The van der Waals surface area contributed by atoms with E-state index in [-0.39, 0.29) is 5.69 Å². The number of hydrogen-bond acceptors (Lipinski definition) is 4. The molecule has 6 heteroatoms. The molecule has 0 fully saturated rings. The van der Waals surface area contributed by atoms with E-state index in [4.69, 9.17) is 0 Å². The Bertz CT molecular complexity index is 475. The van der Waals surface area contributed by atoms with E-state index in [1.54, 1.807) is 13.0 Å². The Hall–Kier alpha value is -0.980. The zero-order valence-electron chi connectivity index (χ0n) is 12.0. The number of benzene rings is 1. The molecule has 0 saturated heterocycles. The van der Waals surface area contributed by atoms with Crippen molar-refractivity contribution in [3.8, 4) is 0 Å². The topological polar surface area (TPSA) is 75.4 Å². The number of halogens is 1. The van der Waals surface area contributed by atoms with Gasteiger partial charge in [0.2, 0.25) is 0 Å². The predicted octanol–water partition coefficient (Wildman–Crippen LogP) is 3.24. The fourth-order valence-electron chi connectivity index (χ4n) is 2.26. The van der Waals surface area contributed by atoms with E-state index in [9.17, 15) is 15.2 Å². The minimum atomic E-state index is -0.776. The van der Waals surface area contributed by atoms with Gasteiger partial charge in [-0.05, 0) is 40.8 Å². The number of nitro groups is 1. The molecule has 0 heterocycles. The molecule has 2 N–H and O–H groups in total. The zero-order chi connectivity index (χ0) is 15.3. The Morgan fingerprint density at radius 2 is 2.15 bits per heavy atom. The van der Waals surface area contributed by atoms with Gasteiger partial charge >= 0.3 is 0 Å². The minimum absolute atomic E-state index is 0.0539. The molecule has 0 aliphatic heterocycles. The van der Waals surface area contributed by atoms with Crippen LogP contribution in [0.2, 0.25) is 0 Å². The van der Waals surface area contributed by atoms with Gasteiger partial charge in [0.25, 0.3) is 5.69 Å². The number of hydrogen-bond donors (Lipinski definition) is 2. The number of rotatable bonds is 7. The number of aliphatic hydroxyl groups is 1. The van der Waals surface area contributed by atoms with Crippen LogP contribution in [0.25, 0.3) is 0 Å². The Morgan fingerprint density at radius 3 is 2.70 bits per heavy atom. The molecule has 0 aromatic heterocycles. The van der Waals surface area contributed by atoms with Gasteiger partial charge in [0.05, 0.1) is 15.0 Å². The number of nitrogens with one attached hydrogen (secondary N) is 1. The van der Waals surface area contributed by atoms with Crippen molar-refractivity contribution < 1.29 is 10.0 Å². The van der Waals surface area contributed by atoms with Gasteiger partial charge in [-0.25, -0.2) is 0 Å². The maximum absolute atomic E-state index is 10.8. The van der Waals surface area contributed by atoms with Crippen LogP contribution in [-0.2, 0) is 6.54 Å². The van der Waals surface area contributed by atoms with Crippen LogP contribution in [0, 0.1) is 16.0 Å². The summed E-state index contributed by atoms with van der Waals surface area (Å²) < 4.78 is 0.487. The van der Waals surface area contributed by atoms with Crippen LogP contribution in [0.4, 0.5) is 5.69 Å². The van der Waals surface area contributed by atoms with Gasteiger partial charge in [-0.15, -0.1) is 0 Å². The molecule has 1 unspecified atom stereocenters. The highest BCUT2D eigenvalue weighted by Gasteiger charge is 2.21. The lowest BCUT2D eigenvalue weighted by Crippen LogP contribution is -2.38. The summed E-state index contributed by atoms with van der Waals surface area (Å²) in [5, 5.41) is 24.2. The van der Waals surface area contributed by atoms with Crippen LogP contribution in [0.1, 0.15) is 32.8 Å². The second kappa shape index (κ2) is 7.15. The first kappa shape index (κ1) is 17.1. The van der Waals surface area contributed by atoms with E-state index >= 15 is 0 Å². The van der Waals surface area contributed by atoms with Gasteiger partial charge in [-0.3, -0.25) is 10.1 Å². The van der Waals surface area contributed by atoms with Crippen LogP contribution < -0.4 is 5.32 Å². The van der Waals surface area contributed by atoms with Crippen LogP contribution >= 0.6 is 15.9 Å². The smallest absolute Gasteiger partial charge is 0.283 e. The molecule has 112 valence electrons. The van der Waals surface area contributed by atoms with Gasteiger partial charge in [0.1, 0.15) is 0 Å². The van der Waals surface area contributed by atoms with Crippen molar-refractivity contribution in [2.75, 3.05) is 6.54 Å². The van der Waals surface area contributed by atoms with Crippen molar-refractivity contribution in [2.24, 2.45) is 5.92 Å². The standard InChI is InChI=1S/C14H21BrN2O3/c1-10(2)7-14(3,18)9-16-8-11-5-4-6-12(13(11)15)17(19)20/h4-6,10,16,18H,7-9H2,1-3H3. The highest BCUT2D eigenvalue weighted by atomic mass is 79.9. The van der Waals surface area contributed by atoms with E-state index < -0.39 is 10.5 Å². The minimum Gasteiger partial charge on any atom is -0.389 e. The van der Waals surface area contributed by atoms with Gasteiger partial charge < -0.3 is 10.4 Å². The number of nitro benzene ring substituents is 1. The third kappa shape index (κ3) is 5.19. The van der Waals surface area contributed by atoms with Gasteiger partial charge in [0.15, 0.2) is 0 Å². The SMILES string of the molecule is CC(C)CC(C)(O)CNCc1cccc([N+](=O)[O-])c1Br. The van der Waals surface area contributed by atoms with Crippen molar-refractivity contribution in [1.29, 1.82) is 0 Å². The second-order valence-electron chi connectivity index (χ2n) is 5.71. The quantitative estimate of drug-likeness (QED) is 0.588. The molecule has 1 aromatic rings. The largest absolute Gasteiger partial charge is 0.389 e. The summed E-state index contributed by atoms with van der Waals surface area (Å²) in [7, 11) is 0. The van der Waals surface area contributed by atoms with Crippen LogP contribution in [0.15, 0.2) is 22.7 Å². The summed E-state index contributed by atoms with van der Waals surface area (Å²) >= 11 is 3.26. The average molecular weight is 345 g/mol. The fraction of sp³-hybridized carbons (Fsp3) is 0.571. The lowest BCUT2D eigenvalue weighted by atomic mass is 9.94. The highest BCUT2D eigenvalue weighted by molar-refractivity contribution is 9.10. The first-order chi connectivity index (χ1) is 9.23. The molecular formula is C14H21BrN2O3. The van der Waals surface area contributed by atoms with Gasteiger partial charge in [-0.1, -0.05) is 26.0 Å². The molecule has 0 bridgehead atoms. The molecule has 1 atom stereocenters. The molecule has 5 nitrogen and oxygen atoms in total. The molecule has 1 aromatic carbocycles. The average Bonchev–Trinajstić information content (AvgIpc) is 2.29. The van der Waals surface area contributed by atoms with E-state index in [2.05, 4.69) is 35.1 Å². The van der Waals surface area contributed by atoms with Crippen LogP contribution in [0.3, 0.4) is 0 Å². The molecule has 0 aliphatic carbocycles. The molecule has 0 aliphatic rings. The summed E-state index contributed by atoms with van der Waals surface area (Å²) in [6.45, 7) is 6.83. The lowest BCUT2D eigenvalue weighted by molar-refractivity contribution is -0.385. The van der Waals surface area contributed by atoms with Crippen molar-refractivity contribution in [3.63, 3.8) is 0 Å². The lowest BCUT2D eigenvalue weighted by Gasteiger charge is -2.25. The fourth-order valence-corrected chi connectivity index (χ4v) is 2.81. The Labute approximate surface area is 127 Å². The maximum Gasteiger partial charge on any atom is 0.283 e. The molecule has 0 saturated carbocycles. The molecule has 1 rings (SSSR count). The van der Waals surface area contributed by atoms with E-state index in [0.717, 1.165) is 5.56 Å². The summed E-state index contributed by atoms with van der Waals surface area (Å²) in [5.74, 6) is 0.413. The van der Waals surface area contributed by atoms with Gasteiger partial charge in [-0.2, -0.15) is 0 Å². The second-order valence-corrected chi connectivity index (χ2v) is 6.50. The van der Waals surface area contributed by atoms with Crippen LogP contribution in [-0.4, -0.2) is 22.2 Å². The van der Waals surface area contributed by atoms with Crippen molar-refractivity contribution in [1.82, 2.24) is 5.32 Å². The van der Waals surface area contributed by atoms with Gasteiger partial charge in [0, 0.05) is 19.2 Å². The summed E-state index contributed by atoms with van der Waals surface area (Å²) in [5.41, 5.74) is 0.0826.